The van der Waals surface area contributed by atoms with Gasteiger partial charge in [0.15, 0.2) is 0 Å². The van der Waals surface area contributed by atoms with Crippen molar-refractivity contribution in [2.75, 3.05) is 5.94 Å². The van der Waals surface area contributed by atoms with E-state index in [1.807, 2.05) is 0 Å². The van der Waals surface area contributed by atoms with Gasteiger partial charge in [0, 0.05) is 0 Å². The van der Waals surface area contributed by atoms with Crippen LogP contribution < -0.4 is 0 Å². The van der Waals surface area contributed by atoms with Crippen LogP contribution >= 0.6 is 7.15 Å². The molecule has 40 valence electrons. The SMILES string of the molecule is OC[SH]=[PH](O)O. The Hall–Kier alpha value is 0.660. The summed E-state index contributed by atoms with van der Waals surface area (Å²) < 4.78 is 0. The fraction of sp³-hybridized carbons (Fsp3) is 1.00. The van der Waals surface area contributed by atoms with Gasteiger partial charge in [0.1, 0.15) is 7.15 Å². The van der Waals surface area contributed by atoms with Gasteiger partial charge >= 0.3 is 0 Å². The van der Waals surface area contributed by atoms with Crippen LogP contribution in [-0.4, -0.2) is 20.8 Å². The van der Waals surface area contributed by atoms with Gasteiger partial charge < -0.3 is 14.9 Å². The largest absolute Gasteiger partial charge is 0.386 e. The molecule has 0 radical (unpaired) electrons. The summed E-state index contributed by atoms with van der Waals surface area (Å²) in [5, 5.41) is 7.93. The monoisotopic (exact) mass is 130 g/mol. The fourth-order valence-corrected chi connectivity index (χ4v) is 0.569. The number of aliphatic hydroxyl groups is 1. The van der Waals surface area contributed by atoms with Crippen LogP contribution in [0.2, 0.25) is 0 Å². The minimum atomic E-state index is -2.16. The summed E-state index contributed by atoms with van der Waals surface area (Å²) in [5.74, 6) is -0.151. The highest BCUT2D eigenvalue weighted by Gasteiger charge is 1.68. The molecule has 0 saturated heterocycles. The van der Waals surface area contributed by atoms with Crippen LogP contribution in [0.3, 0.4) is 0 Å². The molecule has 0 saturated carbocycles. The maximum atomic E-state index is 8.04. The van der Waals surface area contributed by atoms with Crippen molar-refractivity contribution >= 4 is 18.1 Å². The maximum absolute atomic E-state index is 8.04. The van der Waals surface area contributed by atoms with E-state index in [-0.39, 0.29) is 5.94 Å². The summed E-state index contributed by atoms with van der Waals surface area (Å²) >= 11 is 0. The Bertz CT molecular complexity index is 57.8. The number of rotatable bonds is 1. The lowest BCUT2D eigenvalue weighted by Crippen LogP contribution is -1.70. The first-order valence-electron chi connectivity index (χ1n) is 1.30. The first kappa shape index (κ1) is 6.66. The van der Waals surface area contributed by atoms with E-state index in [4.69, 9.17) is 14.9 Å². The van der Waals surface area contributed by atoms with Gasteiger partial charge in [-0.3, -0.25) is 0 Å². The zero-order chi connectivity index (χ0) is 4.99. The molecular formula is CH7O3PS. The smallest absolute Gasteiger partial charge is 0.130 e. The summed E-state index contributed by atoms with van der Waals surface area (Å²) in [6.07, 6.45) is 0. The van der Waals surface area contributed by atoms with Crippen LogP contribution in [0, 0.1) is 0 Å². The molecule has 3 nitrogen and oxygen atoms in total. The second kappa shape index (κ2) is 3.84. The molecule has 0 spiro atoms. The van der Waals surface area contributed by atoms with Crippen molar-refractivity contribution in [3.05, 3.63) is 0 Å². The van der Waals surface area contributed by atoms with Gasteiger partial charge in [0.05, 0.1) is 5.94 Å². The Morgan fingerprint density at radius 3 is 2.00 bits per heavy atom. The van der Waals surface area contributed by atoms with E-state index >= 15 is 0 Å². The third-order valence-corrected chi connectivity index (χ3v) is 1.91. The average molecular weight is 130 g/mol. The summed E-state index contributed by atoms with van der Waals surface area (Å²) in [6, 6.07) is 0. The molecule has 0 amide bonds. The van der Waals surface area contributed by atoms with E-state index < -0.39 is 7.15 Å². The fourth-order valence-electron chi connectivity index (χ4n) is 0.0632. The first-order valence-corrected chi connectivity index (χ1v) is 4.62. The zero-order valence-corrected chi connectivity index (χ0v) is 4.89. The Morgan fingerprint density at radius 2 is 2.00 bits per heavy atom. The molecule has 0 aliphatic heterocycles. The molecule has 0 atom stereocenters. The van der Waals surface area contributed by atoms with Crippen molar-refractivity contribution in [2.24, 2.45) is 0 Å². The van der Waals surface area contributed by atoms with Crippen LogP contribution in [0.15, 0.2) is 0 Å². The quantitative estimate of drug-likeness (QED) is 0.263. The summed E-state index contributed by atoms with van der Waals surface area (Å²) in [6.45, 7) is 0. The number of thiol groups is 1. The molecule has 0 bridgehead atoms. The maximum Gasteiger partial charge on any atom is 0.130 e. The molecule has 0 rings (SSSR count). The summed E-state index contributed by atoms with van der Waals surface area (Å²) in [4.78, 5) is 16.1. The van der Waals surface area contributed by atoms with Gasteiger partial charge in [0.25, 0.3) is 0 Å². The highest BCUT2D eigenvalue weighted by atomic mass is 32.5. The van der Waals surface area contributed by atoms with Crippen LogP contribution in [0.4, 0.5) is 0 Å². The highest BCUT2D eigenvalue weighted by molar-refractivity contribution is 8.11. The van der Waals surface area contributed by atoms with Crippen molar-refractivity contribution < 1.29 is 14.9 Å². The summed E-state index contributed by atoms with van der Waals surface area (Å²) in [7, 11) is -1.82. The Morgan fingerprint density at radius 1 is 1.50 bits per heavy atom. The first-order chi connectivity index (χ1) is 2.77. The highest BCUT2D eigenvalue weighted by Crippen LogP contribution is 2.05. The lowest BCUT2D eigenvalue weighted by atomic mass is 11.7. The molecule has 0 aromatic heterocycles. The van der Waals surface area contributed by atoms with Crippen molar-refractivity contribution in [3.8, 4) is 0 Å². The second-order valence-electron chi connectivity index (χ2n) is 0.600. The van der Waals surface area contributed by atoms with Crippen molar-refractivity contribution in [2.45, 2.75) is 0 Å². The number of aliphatic hydroxyl groups excluding tert-OH is 1. The molecule has 6 heavy (non-hydrogen) atoms. The Balaban J connectivity index is 3.14. The third-order valence-electron chi connectivity index (χ3n) is 0.212. The zero-order valence-electron chi connectivity index (χ0n) is 3.00. The molecule has 0 aliphatic carbocycles. The van der Waals surface area contributed by atoms with Crippen LogP contribution in [0.5, 0.6) is 0 Å². The second-order valence-corrected chi connectivity index (χ2v) is 3.95. The average Bonchev–Trinajstić information content (AvgIpc) is 1.35. The Kier molecular flexibility index (Phi) is 4.26. The van der Waals surface area contributed by atoms with Crippen molar-refractivity contribution in [1.29, 1.82) is 0 Å². The molecule has 0 heterocycles. The van der Waals surface area contributed by atoms with Crippen LogP contribution in [0.1, 0.15) is 0 Å². The summed E-state index contributed by atoms with van der Waals surface area (Å²) in [5.41, 5.74) is 0. The van der Waals surface area contributed by atoms with Gasteiger partial charge in [-0.25, -0.2) is 0 Å². The lowest BCUT2D eigenvalue weighted by molar-refractivity contribution is 0.375. The van der Waals surface area contributed by atoms with Gasteiger partial charge in [-0.15, -0.1) is 10.9 Å². The van der Waals surface area contributed by atoms with Crippen molar-refractivity contribution in [1.82, 2.24) is 0 Å². The molecule has 0 unspecified atom stereocenters. The van der Waals surface area contributed by atoms with E-state index in [0.717, 1.165) is 0 Å². The predicted molar refractivity (Wildman–Crippen MR) is 28.6 cm³/mol. The minimum Gasteiger partial charge on any atom is -0.386 e. The Labute approximate surface area is 39.8 Å². The van der Waals surface area contributed by atoms with E-state index in [1.165, 1.54) is 0 Å². The number of hydrogen-bond donors (Lipinski definition) is 4. The van der Waals surface area contributed by atoms with Gasteiger partial charge in [-0.2, -0.15) is 0 Å². The molecule has 0 aromatic rings. The predicted octanol–water partition coefficient (Wildman–Crippen LogP) is -1.31. The van der Waals surface area contributed by atoms with Crippen LogP contribution in [-0.2, 0) is 10.9 Å². The minimum absolute atomic E-state index is 0.151. The normalized spacial score (nSPS) is 10.0. The van der Waals surface area contributed by atoms with E-state index in [1.54, 1.807) is 0 Å². The molecule has 3 N–H and O–H groups in total. The third kappa shape index (κ3) is 4.66. The van der Waals surface area contributed by atoms with Crippen molar-refractivity contribution in [3.63, 3.8) is 0 Å². The molecular weight excluding hydrogens is 123 g/mol. The molecule has 0 aliphatic rings. The molecule has 5 heteroatoms. The van der Waals surface area contributed by atoms with E-state index in [0.29, 0.717) is 10.9 Å². The topological polar surface area (TPSA) is 60.7 Å². The van der Waals surface area contributed by atoms with Gasteiger partial charge in [-0.1, -0.05) is 0 Å². The van der Waals surface area contributed by atoms with Crippen LogP contribution in [0.25, 0.3) is 0 Å². The molecule has 0 aromatic carbocycles. The van der Waals surface area contributed by atoms with E-state index in [2.05, 4.69) is 0 Å². The van der Waals surface area contributed by atoms with Gasteiger partial charge in [0.2, 0.25) is 0 Å². The van der Waals surface area contributed by atoms with E-state index in [9.17, 15) is 0 Å². The lowest BCUT2D eigenvalue weighted by Gasteiger charge is -1.82. The standard InChI is InChI=1S/CH7O3PS/c2-1-6-5(3)4/h2-6H,1H2. The molecule has 0 fully saturated rings. The van der Waals surface area contributed by atoms with Gasteiger partial charge in [-0.05, 0) is 0 Å². The number of hydrogen-bond acceptors (Lipinski definition) is 1.